The predicted octanol–water partition coefficient (Wildman–Crippen LogP) is 2.16. The van der Waals surface area contributed by atoms with Gasteiger partial charge in [-0.15, -0.1) is 12.4 Å². The number of rotatable bonds is 5. The summed E-state index contributed by atoms with van der Waals surface area (Å²) >= 11 is 0. The second-order valence-corrected chi connectivity index (χ2v) is 6.14. The Labute approximate surface area is 150 Å². The minimum atomic E-state index is -0.453. The van der Waals surface area contributed by atoms with E-state index in [9.17, 15) is 9.59 Å². The van der Waals surface area contributed by atoms with Gasteiger partial charge in [-0.3, -0.25) is 9.59 Å². The van der Waals surface area contributed by atoms with Gasteiger partial charge in [0.2, 0.25) is 5.91 Å². The molecule has 0 unspecified atom stereocenters. The second kappa shape index (κ2) is 9.04. The fourth-order valence-electron chi connectivity index (χ4n) is 3.14. The normalized spacial score (nSPS) is 15.0. The zero-order chi connectivity index (χ0) is 16.9. The number of benzene rings is 1. The fourth-order valence-corrected chi connectivity index (χ4v) is 3.14. The molecule has 0 aromatic heterocycles. The Morgan fingerprint density at radius 1 is 1.00 bits per heavy atom. The lowest BCUT2D eigenvalue weighted by molar-refractivity contribution is -0.143. The summed E-state index contributed by atoms with van der Waals surface area (Å²) in [5, 5.41) is 0. The van der Waals surface area contributed by atoms with Gasteiger partial charge in [0.15, 0.2) is 0 Å². The van der Waals surface area contributed by atoms with Gasteiger partial charge in [-0.2, -0.15) is 0 Å². The maximum Gasteiger partial charge on any atom is 0.253 e. The van der Waals surface area contributed by atoms with Crippen molar-refractivity contribution in [3.8, 4) is 0 Å². The van der Waals surface area contributed by atoms with Crippen molar-refractivity contribution in [3.63, 3.8) is 0 Å². The van der Waals surface area contributed by atoms with Crippen LogP contribution in [0, 0.1) is 5.41 Å². The van der Waals surface area contributed by atoms with Gasteiger partial charge in [-0.05, 0) is 25.0 Å². The average Bonchev–Trinajstić information content (AvgIpc) is 2.64. The van der Waals surface area contributed by atoms with Gasteiger partial charge in [0.1, 0.15) is 0 Å². The third kappa shape index (κ3) is 4.08. The number of piperazine rings is 1. The highest BCUT2D eigenvalue weighted by Crippen LogP contribution is 2.28. The molecule has 1 aliphatic rings. The van der Waals surface area contributed by atoms with Crippen LogP contribution in [0.15, 0.2) is 30.3 Å². The van der Waals surface area contributed by atoms with Gasteiger partial charge < -0.3 is 15.5 Å². The van der Waals surface area contributed by atoms with Crippen LogP contribution in [-0.2, 0) is 4.79 Å². The molecule has 1 aliphatic heterocycles. The first kappa shape index (κ1) is 20.5. The number of nitrogens with zero attached hydrogens (tertiary/aromatic N) is 2. The van der Waals surface area contributed by atoms with Crippen LogP contribution in [0.3, 0.4) is 0 Å². The molecule has 6 heteroatoms. The molecule has 1 saturated heterocycles. The van der Waals surface area contributed by atoms with Crippen LogP contribution >= 0.6 is 12.4 Å². The maximum absolute atomic E-state index is 12.8. The highest BCUT2D eigenvalue weighted by atomic mass is 35.5. The topological polar surface area (TPSA) is 66.6 Å². The molecule has 24 heavy (non-hydrogen) atoms. The third-order valence-electron chi connectivity index (χ3n) is 5.07. The first-order chi connectivity index (χ1) is 11.1. The molecule has 0 atom stereocenters. The van der Waals surface area contributed by atoms with Crippen molar-refractivity contribution in [2.75, 3.05) is 32.7 Å². The summed E-state index contributed by atoms with van der Waals surface area (Å²) in [7, 11) is 0. The summed E-state index contributed by atoms with van der Waals surface area (Å²) in [5.41, 5.74) is 6.12. The van der Waals surface area contributed by atoms with E-state index < -0.39 is 5.41 Å². The number of amides is 2. The monoisotopic (exact) mass is 353 g/mol. The summed E-state index contributed by atoms with van der Waals surface area (Å²) in [6.07, 6.45) is 1.50. The first-order valence-corrected chi connectivity index (χ1v) is 8.41. The summed E-state index contributed by atoms with van der Waals surface area (Å²) in [6, 6.07) is 9.28. The highest BCUT2D eigenvalue weighted by Gasteiger charge is 2.38. The summed E-state index contributed by atoms with van der Waals surface area (Å²) in [4.78, 5) is 28.9. The molecule has 0 saturated carbocycles. The molecule has 0 aliphatic carbocycles. The fraction of sp³-hybridized carbons (Fsp3) is 0.556. The van der Waals surface area contributed by atoms with Crippen LogP contribution in [0.1, 0.15) is 37.0 Å². The number of carbonyl (C=O) groups is 2. The number of hydrogen-bond acceptors (Lipinski definition) is 3. The molecular weight excluding hydrogens is 326 g/mol. The van der Waals surface area contributed by atoms with E-state index in [4.69, 9.17) is 5.73 Å². The van der Waals surface area contributed by atoms with E-state index in [1.54, 1.807) is 0 Å². The molecule has 0 spiro atoms. The zero-order valence-corrected chi connectivity index (χ0v) is 15.3. The largest absolute Gasteiger partial charge is 0.339 e. The maximum atomic E-state index is 12.8. The van der Waals surface area contributed by atoms with E-state index >= 15 is 0 Å². The molecule has 2 N–H and O–H groups in total. The Bertz CT molecular complexity index is 530. The van der Waals surface area contributed by atoms with E-state index in [2.05, 4.69) is 0 Å². The van der Waals surface area contributed by atoms with Crippen LogP contribution < -0.4 is 5.73 Å². The second-order valence-electron chi connectivity index (χ2n) is 6.14. The van der Waals surface area contributed by atoms with Crippen molar-refractivity contribution in [3.05, 3.63) is 35.9 Å². The van der Waals surface area contributed by atoms with Crippen LogP contribution in [0.4, 0.5) is 0 Å². The van der Waals surface area contributed by atoms with Gasteiger partial charge in [-0.25, -0.2) is 0 Å². The number of carbonyl (C=O) groups excluding carboxylic acids is 2. The molecule has 5 nitrogen and oxygen atoms in total. The predicted molar refractivity (Wildman–Crippen MR) is 98.2 cm³/mol. The average molecular weight is 354 g/mol. The van der Waals surface area contributed by atoms with Crippen molar-refractivity contribution in [1.82, 2.24) is 9.80 Å². The van der Waals surface area contributed by atoms with Crippen LogP contribution in [-0.4, -0.2) is 54.3 Å². The lowest BCUT2D eigenvalue weighted by Crippen LogP contribution is -2.55. The molecule has 134 valence electrons. The first-order valence-electron chi connectivity index (χ1n) is 8.41. The standard InChI is InChI=1S/C18H27N3O2.ClH/c1-3-18(4-2,14-19)17(23)21-12-10-20(11-13-21)16(22)15-8-6-5-7-9-15;/h5-9H,3-4,10-14,19H2,1-2H3;1H. The van der Waals surface area contributed by atoms with Crippen LogP contribution in [0.25, 0.3) is 0 Å². The van der Waals surface area contributed by atoms with Gasteiger partial charge in [0.25, 0.3) is 5.91 Å². The molecule has 0 radical (unpaired) electrons. The molecule has 1 aromatic rings. The van der Waals surface area contributed by atoms with E-state index in [1.807, 2.05) is 54.0 Å². The number of hydrogen-bond donors (Lipinski definition) is 1. The lowest BCUT2D eigenvalue weighted by Gasteiger charge is -2.40. The summed E-state index contributed by atoms with van der Waals surface area (Å²) in [6.45, 7) is 6.73. The molecular formula is C18H28ClN3O2. The van der Waals surface area contributed by atoms with Crippen molar-refractivity contribution in [1.29, 1.82) is 0 Å². The number of halogens is 1. The van der Waals surface area contributed by atoms with E-state index in [-0.39, 0.29) is 24.2 Å². The Balaban J connectivity index is 0.00000288. The van der Waals surface area contributed by atoms with E-state index in [0.29, 0.717) is 38.3 Å². The Morgan fingerprint density at radius 3 is 1.96 bits per heavy atom. The van der Waals surface area contributed by atoms with E-state index in [1.165, 1.54) is 0 Å². The lowest BCUT2D eigenvalue weighted by atomic mass is 9.81. The van der Waals surface area contributed by atoms with E-state index in [0.717, 1.165) is 12.8 Å². The Kier molecular flexibility index (Phi) is 7.70. The van der Waals surface area contributed by atoms with Gasteiger partial charge >= 0.3 is 0 Å². The van der Waals surface area contributed by atoms with Gasteiger partial charge in [-0.1, -0.05) is 32.0 Å². The molecule has 2 amide bonds. The van der Waals surface area contributed by atoms with Gasteiger partial charge in [0.05, 0.1) is 5.41 Å². The van der Waals surface area contributed by atoms with Crippen molar-refractivity contribution >= 4 is 24.2 Å². The molecule has 1 heterocycles. The Hall–Kier alpha value is -1.59. The minimum absolute atomic E-state index is 0. The summed E-state index contributed by atoms with van der Waals surface area (Å²) < 4.78 is 0. The zero-order valence-electron chi connectivity index (χ0n) is 14.5. The molecule has 0 bridgehead atoms. The Morgan fingerprint density at radius 2 is 1.50 bits per heavy atom. The minimum Gasteiger partial charge on any atom is -0.339 e. The molecule has 2 rings (SSSR count). The quantitative estimate of drug-likeness (QED) is 0.882. The van der Waals surface area contributed by atoms with Gasteiger partial charge in [0, 0.05) is 38.3 Å². The van der Waals surface area contributed by atoms with Crippen molar-refractivity contribution < 1.29 is 9.59 Å². The highest BCUT2D eigenvalue weighted by molar-refractivity contribution is 5.94. The van der Waals surface area contributed by atoms with Crippen molar-refractivity contribution in [2.24, 2.45) is 11.1 Å². The van der Waals surface area contributed by atoms with Crippen molar-refractivity contribution in [2.45, 2.75) is 26.7 Å². The van der Waals surface area contributed by atoms with Crippen LogP contribution in [0.2, 0.25) is 0 Å². The molecule has 1 aromatic carbocycles. The number of nitrogens with two attached hydrogens (primary N) is 1. The summed E-state index contributed by atoms with van der Waals surface area (Å²) in [5.74, 6) is 0.172. The smallest absolute Gasteiger partial charge is 0.253 e. The SMILES string of the molecule is CCC(CC)(CN)C(=O)N1CCN(C(=O)c2ccccc2)CC1.Cl. The van der Waals surface area contributed by atoms with Crippen LogP contribution in [0.5, 0.6) is 0 Å². The third-order valence-corrected chi connectivity index (χ3v) is 5.07. The molecule has 1 fully saturated rings.